The van der Waals surface area contributed by atoms with Crippen LogP contribution < -0.4 is 21.1 Å². The summed E-state index contributed by atoms with van der Waals surface area (Å²) in [5, 5.41) is 8.95. The van der Waals surface area contributed by atoms with Crippen LogP contribution in [0.4, 0.5) is 17.5 Å². The van der Waals surface area contributed by atoms with E-state index in [-0.39, 0.29) is 18.1 Å². The van der Waals surface area contributed by atoms with E-state index >= 15 is 0 Å². The zero-order valence-electron chi connectivity index (χ0n) is 12.9. The molecule has 0 spiro atoms. The molecule has 0 amide bonds. The van der Waals surface area contributed by atoms with Crippen molar-refractivity contribution in [2.75, 3.05) is 35.4 Å². The van der Waals surface area contributed by atoms with E-state index in [1.165, 1.54) is 0 Å². The molecule has 3 rings (SSSR count). The highest BCUT2D eigenvalue weighted by atomic mass is 16.2. The number of hydrogen-bond donors (Lipinski definition) is 3. The van der Waals surface area contributed by atoms with Gasteiger partial charge in [-0.05, 0) is 18.4 Å². The first kappa shape index (κ1) is 15.4. The Morgan fingerprint density at radius 3 is 2.74 bits per heavy atom. The number of fused-ring (bicyclic) bond motifs is 1. The van der Waals surface area contributed by atoms with Crippen LogP contribution in [0.5, 0.6) is 0 Å². The Bertz CT molecular complexity index is 716. The van der Waals surface area contributed by atoms with Gasteiger partial charge in [-0.1, -0.05) is 30.3 Å². The third-order valence-electron chi connectivity index (χ3n) is 3.90. The van der Waals surface area contributed by atoms with Crippen LogP contribution in [0.15, 0.2) is 35.1 Å². The molecule has 0 bridgehead atoms. The Kier molecular flexibility index (Phi) is 4.47. The number of hydrogen-bond acceptors (Lipinski definition) is 6. The predicted octanol–water partition coefficient (Wildman–Crippen LogP) is 0.909. The van der Waals surface area contributed by atoms with Gasteiger partial charge >= 0.3 is 0 Å². The highest BCUT2D eigenvalue weighted by molar-refractivity contribution is 5.72. The molecule has 0 atom stereocenters. The third kappa shape index (κ3) is 3.29. The molecule has 7 nitrogen and oxygen atoms in total. The molecule has 1 aliphatic heterocycles. The molecule has 0 saturated carbocycles. The molecule has 0 radical (unpaired) electrons. The van der Waals surface area contributed by atoms with E-state index in [1.54, 1.807) is 0 Å². The molecule has 2 aromatic rings. The average Bonchev–Trinajstić information content (AvgIpc) is 2.86. The van der Waals surface area contributed by atoms with Gasteiger partial charge in [0.2, 0.25) is 5.95 Å². The van der Waals surface area contributed by atoms with Gasteiger partial charge in [-0.3, -0.25) is 9.78 Å². The minimum atomic E-state index is -0.215. The van der Waals surface area contributed by atoms with Gasteiger partial charge in [-0.15, -0.1) is 0 Å². The number of rotatable bonds is 6. The number of aromatic nitrogens is 2. The molecule has 1 aromatic heterocycles. The molecule has 122 valence electrons. The number of nitrogens with two attached hydrogens (primary N) is 1. The van der Waals surface area contributed by atoms with Crippen LogP contribution in [-0.2, 0) is 6.54 Å². The zero-order chi connectivity index (χ0) is 16.2. The van der Waals surface area contributed by atoms with Crippen LogP contribution in [0.3, 0.4) is 0 Å². The van der Waals surface area contributed by atoms with Crippen molar-refractivity contribution in [3.8, 4) is 0 Å². The van der Waals surface area contributed by atoms with E-state index in [1.807, 2.05) is 40.1 Å². The van der Waals surface area contributed by atoms with E-state index in [4.69, 9.17) is 10.8 Å². The average molecular weight is 315 g/mol. The molecular formula is C16H21N5O2. The van der Waals surface area contributed by atoms with Crippen molar-refractivity contribution in [2.24, 2.45) is 0 Å². The van der Waals surface area contributed by atoms with Crippen molar-refractivity contribution in [1.82, 2.24) is 9.97 Å². The van der Waals surface area contributed by atoms with Gasteiger partial charge < -0.3 is 20.6 Å². The van der Waals surface area contributed by atoms with Gasteiger partial charge in [0.15, 0.2) is 5.82 Å². The van der Waals surface area contributed by atoms with Gasteiger partial charge in [-0.2, -0.15) is 4.98 Å². The van der Waals surface area contributed by atoms with E-state index in [0.717, 1.165) is 24.9 Å². The molecule has 23 heavy (non-hydrogen) atoms. The summed E-state index contributed by atoms with van der Waals surface area (Å²) >= 11 is 0. The Hall–Kier alpha value is -2.54. The van der Waals surface area contributed by atoms with Crippen molar-refractivity contribution in [3.63, 3.8) is 0 Å². The van der Waals surface area contributed by atoms with Crippen LogP contribution in [0.25, 0.3) is 0 Å². The molecular weight excluding hydrogens is 294 g/mol. The molecule has 0 saturated heterocycles. The normalized spacial score (nSPS) is 13.4. The van der Waals surface area contributed by atoms with E-state index in [0.29, 0.717) is 24.7 Å². The lowest BCUT2D eigenvalue weighted by Gasteiger charge is -2.21. The maximum absolute atomic E-state index is 12.3. The highest BCUT2D eigenvalue weighted by Crippen LogP contribution is 2.32. The molecule has 0 aliphatic carbocycles. The summed E-state index contributed by atoms with van der Waals surface area (Å²) in [6.07, 6.45) is 1.56. The topological polar surface area (TPSA) is 98.5 Å². The summed E-state index contributed by atoms with van der Waals surface area (Å²) in [6.45, 7) is 2.13. The quantitative estimate of drug-likeness (QED) is 0.685. The lowest BCUT2D eigenvalue weighted by atomic mass is 10.2. The maximum Gasteiger partial charge on any atom is 0.278 e. The smallest absolute Gasteiger partial charge is 0.278 e. The fraction of sp³-hybridized carbons (Fsp3) is 0.375. The number of benzene rings is 1. The SMILES string of the molecule is Nc1nc2c(c(=O)[nH]1)N(Cc1ccccc1)CN2CCCCO. The van der Waals surface area contributed by atoms with Gasteiger partial charge in [0.1, 0.15) is 5.69 Å². The van der Waals surface area contributed by atoms with Crippen LogP contribution >= 0.6 is 0 Å². The lowest BCUT2D eigenvalue weighted by molar-refractivity contribution is 0.285. The largest absolute Gasteiger partial charge is 0.396 e. The number of nitrogen functional groups attached to an aromatic ring is 1. The van der Waals surface area contributed by atoms with Crippen LogP contribution in [-0.4, -0.2) is 34.9 Å². The van der Waals surface area contributed by atoms with Gasteiger partial charge in [-0.25, -0.2) is 0 Å². The van der Waals surface area contributed by atoms with Gasteiger partial charge in [0, 0.05) is 19.7 Å². The molecule has 0 fully saturated rings. The number of aromatic amines is 1. The Morgan fingerprint density at radius 2 is 2.00 bits per heavy atom. The van der Waals surface area contributed by atoms with E-state index in [2.05, 4.69) is 9.97 Å². The number of unbranched alkanes of at least 4 members (excludes halogenated alkanes) is 1. The summed E-state index contributed by atoms with van der Waals surface area (Å²) in [6, 6.07) is 10.0. The van der Waals surface area contributed by atoms with E-state index in [9.17, 15) is 4.79 Å². The number of H-pyrrole nitrogens is 1. The van der Waals surface area contributed by atoms with Crippen LogP contribution in [0.1, 0.15) is 18.4 Å². The predicted molar refractivity (Wildman–Crippen MR) is 90.4 cm³/mol. The first-order chi connectivity index (χ1) is 11.2. The summed E-state index contributed by atoms with van der Waals surface area (Å²) < 4.78 is 0. The van der Waals surface area contributed by atoms with Crippen molar-refractivity contribution in [1.29, 1.82) is 0 Å². The monoisotopic (exact) mass is 315 g/mol. The number of aliphatic hydroxyl groups excluding tert-OH is 1. The third-order valence-corrected chi connectivity index (χ3v) is 3.90. The number of aliphatic hydroxyl groups is 1. The second-order valence-corrected chi connectivity index (χ2v) is 5.64. The number of nitrogens with one attached hydrogen (secondary N) is 1. The molecule has 1 aromatic carbocycles. The minimum absolute atomic E-state index is 0.127. The lowest BCUT2D eigenvalue weighted by Crippen LogP contribution is -2.32. The summed E-state index contributed by atoms with van der Waals surface area (Å²) in [5.74, 6) is 0.752. The second-order valence-electron chi connectivity index (χ2n) is 5.64. The summed E-state index contributed by atoms with van der Waals surface area (Å²) in [5.41, 5.74) is 7.17. The molecule has 7 heteroatoms. The minimum Gasteiger partial charge on any atom is -0.396 e. The van der Waals surface area contributed by atoms with Gasteiger partial charge in [0.05, 0.1) is 6.67 Å². The van der Waals surface area contributed by atoms with Crippen molar-refractivity contribution >= 4 is 17.5 Å². The molecule has 2 heterocycles. The Labute approximate surface area is 134 Å². The fourth-order valence-electron chi connectivity index (χ4n) is 2.85. The summed E-state index contributed by atoms with van der Waals surface area (Å²) in [4.78, 5) is 23.3. The molecule has 4 N–H and O–H groups in total. The van der Waals surface area contributed by atoms with Crippen LogP contribution in [0.2, 0.25) is 0 Å². The second kappa shape index (κ2) is 6.70. The van der Waals surface area contributed by atoms with E-state index < -0.39 is 0 Å². The highest BCUT2D eigenvalue weighted by Gasteiger charge is 2.30. The summed E-state index contributed by atoms with van der Waals surface area (Å²) in [7, 11) is 0. The van der Waals surface area contributed by atoms with Crippen molar-refractivity contribution < 1.29 is 5.11 Å². The zero-order valence-corrected chi connectivity index (χ0v) is 12.9. The molecule has 1 aliphatic rings. The fourth-order valence-corrected chi connectivity index (χ4v) is 2.85. The maximum atomic E-state index is 12.3. The first-order valence-corrected chi connectivity index (χ1v) is 7.73. The Balaban J connectivity index is 1.87. The number of nitrogens with zero attached hydrogens (tertiary/aromatic N) is 3. The van der Waals surface area contributed by atoms with Crippen molar-refractivity contribution in [2.45, 2.75) is 19.4 Å². The van der Waals surface area contributed by atoms with Crippen molar-refractivity contribution in [3.05, 3.63) is 46.2 Å². The number of anilines is 3. The Morgan fingerprint density at radius 1 is 1.22 bits per heavy atom. The standard InChI is InChI=1S/C16H21N5O2/c17-16-18-14-13(15(23)19-16)21(10-12-6-2-1-3-7-12)11-20(14)8-4-5-9-22/h1-3,6-7,22H,4-5,8-11H2,(H3,17,18,19,23). The first-order valence-electron chi connectivity index (χ1n) is 7.73. The van der Waals surface area contributed by atoms with Crippen LogP contribution in [0, 0.1) is 0 Å². The molecule has 0 unspecified atom stereocenters. The van der Waals surface area contributed by atoms with Gasteiger partial charge in [0.25, 0.3) is 5.56 Å².